The molecule has 1 aromatic carbocycles. The van der Waals surface area contributed by atoms with Crippen LogP contribution in [0.3, 0.4) is 0 Å². The average molecular weight is 425 g/mol. The summed E-state index contributed by atoms with van der Waals surface area (Å²) in [6, 6.07) is 10.9. The molecule has 0 aliphatic carbocycles. The number of aromatic nitrogens is 2. The van der Waals surface area contributed by atoms with Crippen LogP contribution >= 0.6 is 0 Å². The smallest absolute Gasteiger partial charge is 0.180 e. The van der Waals surface area contributed by atoms with Crippen molar-refractivity contribution in [2.45, 2.75) is 42.9 Å². The number of nitriles is 1. The molecule has 0 bridgehead atoms. The van der Waals surface area contributed by atoms with Crippen molar-refractivity contribution in [1.29, 1.82) is 5.26 Å². The average Bonchev–Trinajstić information content (AvgIpc) is 3.18. The number of likely N-dealkylation sites (tertiary alicyclic amines) is 1. The van der Waals surface area contributed by atoms with Gasteiger partial charge in [-0.2, -0.15) is 5.26 Å². The van der Waals surface area contributed by atoms with Crippen LogP contribution in [0.15, 0.2) is 53.7 Å². The summed E-state index contributed by atoms with van der Waals surface area (Å²) in [5.74, 6) is 1.44. The fourth-order valence-corrected chi connectivity index (χ4v) is 4.71. The highest BCUT2D eigenvalue weighted by molar-refractivity contribution is 7.92. The molecule has 7 nitrogen and oxygen atoms in total. The Labute approximate surface area is 176 Å². The number of piperidine rings is 1. The van der Waals surface area contributed by atoms with E-state index in [1.165, 1.54) is 0 Å². The van der Waals surface area contributed by atoms with Crippen LogP contribution < -0.4 is 4.74 Å². The number of hydrogen-bond acceptors (Lipinski definition) is 6. The first-order valence-corrected chi connectivity index (χ1v) is 11.6. The van der Waals surface area contributed by atoms with Crippen LogP contribution in [0, 0.1) is 11.5 Å². The van der Waals surface area contributed by atoms with Gasteiger partial charge >= 0.3 is 0 Å². The van der Waals surface area contributed by atoms with Gasteiger partial charge in [0.1, 0.15) is 17.7 Å². The lowest BCUT2D eigenvalue weighted by Gasteiger charge is -2.28. The van der Waals surface area contributed by atoms with Crippen molar-refractivity contribution in [1.82, 2.24) is 14.5 Å². The number of ether oxygens (including phenoxy) is 1. The molecule has 3 aromatic rings. The molecule has 1 aliphatic rings. The molecule has 0 spiro atoms. The number of sulfone groups is 1. The third kappa shape index (κ3) is 3.85. The number of nitrogens with zero attached hydrogens (tertiary/aromatic N) is 4. The topological polar surface area (TPSA) is 88.2 Å². The van der Waals surface area contributed by atoms with E-state index in [2.05, 4.69) is 11.2 Å². The molecule has 30 heavy (non-hydrogen) atoms. The summed E-state index contributed by atoms with van der Waals surface area (Å²) in [5, 5.41) is 9.33. The third-order valence-corrected chi connectivity index (χ3v) is 7.62. The van der Waals surface area contributed by atoms with E-state index in [1.807, 2.05) is 35.0 Å². The van der Waals surface area contributed by atoms with E-state index in [0.717, 1.165) is 42.7 Å². The molecule has 1 aliphatic heterocycles. The standard InChI is InChI=1S/C22H24N4O3S/c1-16(2)30(27,28)20-4-5-21-17(13-20)7-12-26(21)22-6-3-19(14-24-22)29-18-8-10-25(15-23)11-9-18/h3-7,12-14,16,18H,8-11H2,1-2H3. The molecule has 0 radical (unpaired) electrons. The Morgan fingerprint density at radius 3 is 2.57 bits per heavy atom. The summed E-state index contributed by atoms with van der Waals surface area (Å²) >= 11 is 0. The van der Waals surface area contributed by atoms with Gasteiger partial charge in [0, 0.05) is 37.5 Å². The van der Waals surface area contributed by atoms with Crippen molar-refractivity contribution in [2.75, 3.05) is 13.1 Å². The van der Waals surface area contributed by atoms with Gasteiger partial charge in [-0.05, 0) is 50.2 Å². The lowest BCUT2D eigenvalue weighted by Crippen LogP contribution is -2.35. The van der Waals surface area contributed by atoms with Crippen molar-refractivity contribution in [2.24, 2.45) is 0 Å². The lowest BCUT2D eigenvalue weighted by molar-refractivity contribution is 0.126. The van der Waals surface area contributed by atoms with Gasteiger partial charge in [0.25, 0.3) is 0 Å². The second kappa shape index (κ2) is 8.00. The van der Waals surface area contributed by atoms with Crippen molar-refractivity contribution >= 4 is 20.7 Å². The van der Waals surface area contributed by atoms with Crippen molar-refractivity contribution < 1.29 is 13.2 Å². The van der Waals surface area contributed by atoms with Crippen molar-refractivity contribution in [3.05, 3.63) is 48.8 Å². The molecule has 0 unspecified atom stereocenters. The normalized spacial score (nSPS) is 15.5. The summed E-state index contributed by atoms with van der Waals surface area (Å²) in [5.41, 5.74) is 0.891. The van der Waals surface area contributed by atoms with Crippen LogP contribution in [0.25, 0.3) is 16.7 Å². The molecule has 0 atom stereocenters. The molecule has 8 heteroatoms. The van der Waals surface area contributed by atoms with Crippen LogP contribution in [-0.2, 0) is 9.84 Å². The molecule has 0 amide bonds. The molecular weight excluding hydrogens is 400 g/mol. The molecule has 3 heterocycles. The predicted molar refractivity (Wildman–Crippen MR) is 114 cm³/mol. The molecule has 1 saturated heterocycles. The Bertz CT molecular complexity index is 1190. The summed E-state index contributed by atoms with van der Waals surface area (Å²) in [7, 11) is -3.31. The Morgan fingerprint density at radius 2 is 1.93 bits per heavy atom. The minimum atomic E-state index is -3.31. The number of fused-ring (bicyclic) bond motifs is 1. The maximum atomic E-state index is 12.4. The fraction of sp³-hybridized carbons (Fsp3) is 0.364. The molecule has 0 N–H and O–H groups in total. The van der Waals surface area contributed by atoms with Gasteiger partial charge in [0.2, 0.25) is 0 Å². The predicted octanol–water partition coefficient (Wildman–Crippen LogP) is 3.53. The Balaban J connectivity index is 1.52. The Hall–Kier alpha value is -3.05. The largest absolute Gasteiger partial charge is 0.489 e. The van der Waals surface area contributed by atoms with Crippen LogP contribution in [0.1, 0.15) is 26.7 Å². The van der Waals surface area contributed by atoms with Gasteiger partial charge < -0.3 is 14.2 Å². The minimum Gasteiger partial charge on any atom is -0.489 e. The first-order chi connectivity index (χ1) is 14.4. The zero-order chi connectivity index (χ0) is 21.3. The van der Waals surface area contributed by atoms with Crippen LogP contribution in [0.2, 0.25) is 0 Å². The Morgan fingerprint density at radius 1 is 1.17 bits per heavy atom. The van der Waals surface area contributed by atoms with E-state index >= 15 is 0 Å². The molecule has 0 saturated carbocycles. The van der Waals surface area contributed by atoms with E-state index < -0.39 is 15.1 Å². The highest BCUT2D eigenvalue weighted by Crippen LogP contribution is 2.26. The fourth-order valence-electron chi connectivity index (χ4n) is 3.62. The summed E-state index contributed by atoms with van der Waals surface area (Å²) < 4.78 is 32.8. The van der Waals surface area contributed by atoms with Gasteiger partial charge in [0.15, 0.2) is 16.0 Å². The zero-order valence-electron chi connectivity index (χ0n) is 17.0. The van der Waals surface area contributed by atoms with Gasteiger partial charge in [-0.3, -0.25) is 0 Å². The molecule has 2 aromatic heterocycles. The molecule has 1 fully saturated rings. The monoisotopic (exact) mass is 424 g/mol. The maximum absolute atomic E-state index is 12.4. The first-order valence-electron chi connectivity index (χ1n) is 10.0. The quantitative estimate of drug-likeness (QED) is 0.582. The minimum absolute atomic E-state index is 0.0935. The van der Waals surface area contributed by atoms with Gasteiger partial charge in [-0.1, -0.05) is 0 Å². The van der Waals surface area contributed by atoms with Crippen LogP contribution in [0.4, 0.5) is 0 Å². The molecule has 156 valence electrons. The van der Waals surface area contributed by atoms with Gasteiger partial charge in [-0.25, -0.2) is 13.4 Å². The van der Waals surface area contributed by atoms with E-state index in [4.69, 9.17) is 10.00 Å². The second-order valence-corrected chi connectivity index (χ2v) is 10.3. The lowest BCUT2D eigenvalue weighted by atomic mass is 10.1. The van der Waals surface area contributed by atoms with E-state index in [9.17, 15) is 8.42 Å². The zero-order valence-corrected chi connectivity index (χ0v) is 17.8. The number of pyridine rings is 1. The van der Waals surface area contributed by atoms with E-state index in [1.54, 1.807) is 37.1 Å². The summed E-state index contributed by atoms with van der Waals surface area (Å²) in [6.07, 6.45) is 7.49. The second-order valence-electron chi connectivity index (χ2n) is 7.76. The Kier molecular flexibility index (Phi) is 5.39. The molecule has 4 rings (SSSR count). The highest BCUT2D eigenvalue weighted by Gasteiger charge is 2.21. The van der Waals surface area contributed by atoms with Crippen LogP contribution in [-0.4, -0.2) is 47.3 Å². The first kappa shape index (κ1) is 20.2. The van der Waals surface area contributed by atoms with Gasteiger partial charge in [-0.15, -0.1) is 0 Å². The van der Waals surface area contributed by atoms with Crippen molar-refractivity contribution in [3.8, 4) is 17.8 Å². The van der Waals surface area contributed by atoms with Crippen LogP contribution in [0.5, 0.6) is 5.75 Å². The van der Waals surface area contributed by atoms with Gasteiger partial charge in [0.05, 0.1) is 21.9 Å². The van der Waals surface area contributed by atoms with E-state index in [-0.39, 0.29) is 6.10 Å². The maximum Gasteiger partial charge on any atom is 0.180 e. The highest BCUT2D eigenvalue weighted by atomic mass is 32.2. The number of benzene rings is 1. The molecular formula is C22H24N4O3S. The third-order valence-electron chi connectivity index (χ3n) is 5.46. The summed E-state index contributed by atoms with van der Waals surface area (Å²) in [4.78, 5) is 6.61. The SMILES string of the molecule is CC(C)S(=O)(=O)c1ccc2c(ccn2-c2ccc(OC3CCN(C#N)CC3)cn2)c1. The van der Waals surface area contributed by atoms with Crippen molar-refractivity contribution in [3.63, 3.8) is 0 Å². The van der Waals surface area contributed by atoms with E-state index in [0.29, 0.717) is 10.6 Å². The number of rotatable bonds is 5. The number of hydrogen-bond donors (Lipinski definition) is 0. The summed E-state index contributed by atoms with van der Waals surface area (Å²) in [6.45, 7) is 4.81.